The third kappa shape index (κ3) is 2.58. The molecule has 0 amide bonds. The first-order valence-electron chi connectivity index (χ1n) is 8.89. The lowest BCUT2D eigenvalue weighted by molar-refractivity contribution is 0.297. The molecule has 9 heteroatoms. The molecule has 0 fully saturated rings. The molecule has 5 rings (SSSR count). The van der Waals surface area contributed by atoms with Gasteiger partial charge in [-0.3, -0.25) is 9.88 Å². The number of imidazole rings is 1. The summed E-state index contributed by atoms with van der Waals surface area (Å²) < 4.78 is 32.7. The van der Waals surface area contributed by atoms with E-state index >= 15 is 0 Å². The molecule has 2 aromatic carbocycles. The Labute approximate surface area is 159 Å². The van der Waals surface area contributed by atoms with Gasteiger partial charge in [-0.2, -0.15) is 0 Å². The highest BCUT2D eigenvalue weighted by atomic mass is 19.1. The van der Waals surface area contributed by atoms with Gasteiger partial charge in [0, 0.05) is 24.1 Å². The van der Waals surface area contributed by atoms with Gasteiger partial charge in [0.05, 0.1) is 31.4 Å². The van der Waals surface area contributed by atoms with E-state index in [1.54, 1.807) is 12.1 Å². The number of guanidine groups is 1. The Bertz CT molecular complexity index is 1110. The quantitative estimate of drug-likeness (QED) is 0.706. The first-order chi connectivity index (χ1) is 13.6. The van der Waals surface area contributed by atoms with Crippen LogP contribution in [0.3, 0.4) is 0 Å². The monoisotopic (exact) mass is 383 g/mol. The van der Waals surface area contributed by atoms with E-state index in [0.29, 0.717) is 41.7 Å². The predicted molar refractivity (Wildman–Crippen MR) is 102 cm³/mol. The lowest BCUT2D eigenvalue weighted by atomic mass is 10.1. The van der Waals surface area contributed by atoms with Crippen molar-refractivity contribution in [3.05, 3.63) is 41.7 Å². The SMILES string of the molecule is COc1ccc([C@H]2N=C(N)Nc3nc4cc5c(cc4n32)OCCCO5)cc1F. The lowest BCUT2D eigenvalue weighted by Gasteiger charge is -2.24. The zero-order valence-corrected chi connectivity index (χ0v) is 15.1. The van der Waals surface area contributed by atoms with Crippen molar-refractivity contribution in [1.82, 2.24) is 9.55 Å². The number of aliphatic imine (C=N–C) groups is 1. The van der Waals surface area contributed by atoms with Crippen molar-refractivity contribution >= 4 is 22.9 Å². The number of benzene rings is 2. The Hall–Kier alpha value is -3.49. The summed E-state index contributed by atoms with van der Waals surface area (Å²) in [5.41, 5.74) is 8.06. The number of aromatic nitrogens is 2. The van der Waals surface area contributed by atoms with E-state index in [1.165, 1.54) is 13.2 Å². The molecule has 144 valence electrons. The average Bonchev–Trinajstić information content (AvgIpc) is 2.87. The first kappa shape index (κ1) is 16.7. The molecular formula is C19H18FN5O3. The van der Waals surface area contributed by atoms with Crippen molar-refractivity contribution in [2.45, 2.75) is 12.6 Å². The van der Waals surface area contributed by atoms with Crippen LogP contribution in [0.25, 0.3) is 11.0 Å². The summed E-state index contributed by atoms with van der Waals surface area (Å²) in [6.07, 6.45) is 0.236. The number of methoxy groups -OCH3 is 1. The number of hydrogen-bond acceptors (Lipinski definition) is 7. The first-order valence-corrected chi connectivity index (χ1v) is 8.89. The molecule has 3 N–H and O–H groups in total. The summed E-state index contributed by atoms with van der Waals surface area (Å²) >= 11 is 0. The fraction of sp³-hybridized carbons (Fsp3) is 0.263. The van der Waals surface area contributed by atoms with Crippen LogP contribution in [-0.4, -0.2) is 35.8 Å². The highest BCUT2D eigenvalue weighted by molar-refractivity contribution is 5.95. The summed E-state index contributed by atoms with van der Waals surface area (Å²) in [6.45, 7) is 1.17. The Kier molecular flexibility index (Phi) is 3.75. The van der Waals surface area contributed by atoms with E-state index in [4.69, 9.17) is 19.9 Å². The van der Waals surface area contributed by atoms with Gasteiger partial charge >= 0.3 is 0 Å². The van der Waals surface area contributed by atoms with E-state index in [9.17, 15) is 4.39 Å². The Morgan fingerprint density at radius 2 is 2.00 bits per heavy atom. The number of nitrogens with one attached hydrogen (secondary N) is 1. The van der Waals surface area contributed by atoms with Crippen LogP contribution in [-0.2, 0) is 0 Å². The lowest BCUT2D eigenvalue weighted by Crippen LogP contribution is -2.31. The van der Waals surface area contributed by atoms with Crippen LogP contribution in [0.4, 0.5) is 10.3 Å². The van der Waals surface area contributed by atoms with Crippen LogP contribution in [0.1, 0.15) is 18.2 Å². The van der Waals surface area contributed by atoms with E-state index < -0.39 is 12.0 Å². The fourth-order valence-corrected chi connectivity index (χ4v) is 3.49. The van der Waals surface area contributed by atoms with E-state index in [0.717, 1.165) is 11.9 Å². The van der Waals surface area contributed by atoms with Crippen LogP contribution in [0.15, 0.2) is 35.3 Å². The van der Waals surface area contributed by atoms with Gasteiger partial charge in [-0.1, -0.05) is 6.07 Å². The molecule has 0 saturated heterocycles. The average molecular weight is 383 g/mol. The van der Waals surface area contributed by atoms with Crippen LogP contribution >= 0.6 is 0 Å². The number of hydrogen-bond donors (Lipinski definition) is 2. The number of nitrogens with two attached hydrogens (primary N) is 1. The Morgan fingerprint density at radius 1 is 1.21 bits per heavy atom. The molecule has 28 heavy (non-hydrogen) atoms. The van der Waals surface area contributed by atoms with Crippen LogP contribution in [0.2, 0.25) is 0 Å². The van der Waals surface area contributed by atoms with Crippen LogP contribution in [0, 0.1) is 5.82 Å². The van der Waals surface area contributed by atoms with Gasteiger partial charge in [0.2, 0.25) is 5.95 Å². The van der Waals surface area contributed by atoms with Crippen molar-refractivity contribution in [1.29, 1.82) is 0 Å². The highest BCUT2D eigenvalue weighted by Gasteiger charge is 2.27. The molecule has 0 saturated carbocycles. The maximum Gasteiger partial charge on any atom is 0.212 e. The van der Waals surface area contributed by atoms with E-state index in [1.807, 2.05) is 16.7 Å². The van der Waals surface area contributed by atoms with Crippen LogP contribution < -0.4 is 25.3 Å². The number of ether oxygens (including phenoxy) is 3. The van der Waals surface area contributed by atoms with Gasteiger partial charge in [-0.25, -0.2) is 14.4 Å². The molecule has 8 nitrogen and oxygen atoms in total. The van der Waals surface area contributed by atoms with E-state index in [2.05, 4.69) is 15.3 Å². The molecule has 0 bridgehead atoms. The molecular weight excluding hydrogens is 365 g/mol. The Balaban J connectivity index is 1.68. The number of fused-ring (bicyclic) bond motifs is 4. The highest BCUT2D eigenvalue weighted by Crippen LogP contribution is 2.39. The maximum atomic E-state index is 14.3. The molecule has 3 heterocycles. The molecule has 0 spiro atoms. The van der Waals surface area contributed by atoms with Crippen LogP contribution in [0.5, 0.6) is 17.2 Å². The van der Waals surface area contributed by atoms with Gasteiger partial charge in [0.1, 0.15) is 0 Å². The molecule has 2 aliphatic heterocycles. The summed E-state index contributed by atoms with van der Waals surface area (Å²) in [6, 6.07) is 8.43. The minimum atomic E-state index is -0.577. The normalized spacial score (nSPS) is 18.1. The second-order valence-corrected chi connectivity index (χ2v) is 6.55. The molecule has 0 aliphatic carbocycles. The fourth-order valence-electron chi connectivity index (χ4n) is 3.49. The van der Waals surface area contributed by atoms with Crippen molar-refractivity contribution < 1.29 is 18.6 Å². The zero-order chi connectivity index (χ0) is 19.3. The summed E-state index contributed by atoms with van der Waals surface area (Å²) in [5, 5.41) is 2.97. The smallest absolute Gasteiger partial charge is 0.212 e. The van der Waals surface area contributed by atoms with Gasteiger partial charge < -0.3 is 19.9 Å². The molecule has 1 atom stereocenters. The van der Waals surface area contributed by atoms with Gasteiger partial charge in [-0.05, 0) is 12.1 Å². The van der Waals surface area contributed by atoms with Gasteiger partial charge in [0.25, 0.3) is 0 Å². The van der Waals surface area contributed by atoms with E-state index in [-0.39, 0.29) is 11.7 Å². The second-order valence-electron chi connectivity index (χ2n) is 6.55. The molecule has 0 unspecified atom stereocenters. The standard InChI is InChI=1S/C19H18FN5O3/c1-26-14-4-3-10(7-11(14)20)17-23-18(21)24-19-22-12-8-15-16(9-13(12)25(17)19)28-6-2-5-27-15/h3-4,7-9,17H,2,5-6H2,1H3,(H3,21,22,23,24)/t17-/m0/s1. The predicted octanol–water partition coefficient (Wildman–Crippen LogP) is 2.63. The molecule has 0 radical (unpaired) electrons. The molecule has 3 aromatic rings. The van der Waals surface area contributed by atoms with Crippen molar-refractivity contribution in [2.24, 2.45) is 10.7 Å². The maximum absolute atomic E-state index is 14.3. The van der Waals surface area contributed by atoms with Gasteiger partial charge in [0.15, 0.2) is 35.2 Å². The minimum absolute atomic E-state index is 0.168. The molecule has 1 aromatic heterocycles. The molecule has 2 aliphatic rings. The summed E-state index contributed by atoms with van der Waals surface area (Å²) in [5.74, 6) is 1.73. The van der Waals surface area contributed by atoms with Crippen molar-refractivity contribution in [3.8, 4) is 17.2 Å². The van der Waals surface area contributed by atoms with Crippen molar-refractivity contribution in [2.75, 3.05) is 25.6 Å². The Morgan fingerprint density at radius 3 is 2.75 bits per heavy atom. The summed E-state index contributed by atoms with van der Waals surface area (Å²) in [4.78, 5) is 9.08. The largest absolute Gasteiger partial charge is 0.494 e. The third-order valence-corrected chi connectivity index (χ3v) is 4.78. The third-order valence-electron chi connectivity index (χ3n) is 4.78. The minimum Gasteiger partial charge on any atom is -0.494 e. The number of nitrogens with zero attached hydrogens (tertiary/aromatic N) is 3. The summed E-state index contributed by atoms with van der Waals surface area (Å²) in [7, 11) is 1.42. The zero-order valence-electron chi connectivity index (χ0n) is 15.1. The number of rotatable bonds is 2. The number of anilines is 1. The second kappa shape index (κ2) is 6.29. The van der Waals surface area contributed by atoms with Crippen molar-refractivity contribution in [3.63, 3.8) is 0 Å². The van der Waals surface area contributed by atoms with Gasteiger partial charge in [-0.15, -0.1) is 0 Å². The topological polar surface area (TPSA) is 95.9 Å². The number of halogens is 1.